The van der Waals surface area contributed by atoms with E-state index in [1.165, 1.54) is 0 Å². The molecule has 1 fully saturated rings. The summed E-state index contributed by atoms with van der Waals surface area (Å²) in [6, 6.07) is 0. The monoisotopic (exact) mass is 192 g/mol. The molecule has 3 nitrogen and oxygen atoms in total. The zero-order chi connectivity index (χ0) is 9.57. The summed E-state index contributed by atoms with van der Waals surface area (Å²) in [5, 5.41) is 0. The highest BCUT2D eigenvalue weighted by atomic mass is 19.4. The summed E-state index contributed by atoms with van der Waals surface area (Å²) < 4.78 is 65.1. The highest BCUT2D eigenvalue weighted by Crippen LogP contribution is 2.39. The highest BCUT2D eigenvalue weighted by molar-refractivity contribution is 5.62. The number of halogens is 5. The van der Waals surface area contributed by atoms with Gasteiger partial charge in [-0.2, -0.15) is 22.0 Å². The molecule has 1 unspecified atom stereocenters. The molecule has 1 heterocycles. The summed E-state index contributed by atoms with van der Waals surface area (Å²) in [4.78, 5) is 9.89. The van der Waals surface area contributed by atoms with Gasteiger partial charge in [0, 0.05) is 0 Å². The first-order valence-electron chi connectivity index (χ1n) is 2.57. The van der Waals surface area contributed by atoms with Crippen molar-refractivity contribution in [2.45, 2.75) is 18.4 Å². The summed E-state index contributed by atoms with van der Waals surface area (Å²) in [5.41, 5.74) is 0. The van der Waals surface area contributed by atoms with Crippen LogP contribution in [0.4, 0.5) is 26.7 Å². The molecule has 70 valence electrons. The first-order valence-corrected chi connectivity index (χ1v) is 2.57. The van der Waals surface area contributed by atoms with Crippen molar-refractivity contribution in [3.63, 3.8) is 0 Å². The molecule has 8 heteroatoms. The van der Waals surface area contributed by atoms with Gasteiger partial charge in [0.25, 0.3) is 0 Å². The lowest BCUT2D eigenvalue weighted by molar-refractivity contribution is -0.289. The van der Waals surface area contributed by atoms with Gasteiger partial charge in [0.15, 0.2) is 0 Å². The van der Waals surface area contributed by atoms with E-state index >= 15 is 0 Å². The molecule has 1 aliphatic heterocycles. The number of ether oxygens (including phenoxy) is 2. The van der Waals surface area contributed by atoms with Crippen molar-refractivity contribution in [2.24, 2.45) is 0 Å². The van der Waals surface area contributed by atoms with E-state index in [2.05, 4.69) is 9.47 Å². The molecule has 0 bridgehead atoms. The van der Waals surface area contributed by atoms with E-state index < -0.39 is 24.5 Å². The lowest BCUT2D eigenvalue weighted by atomic mass is 10.3. The predicted octanol–water partition coefficient (Wildman–Crippen LogP) is 1.68. The van der Waals surface area contributed by atoms with Crippen molar-refractivity contribution in [1.82, 2.24) is 0 Å². The zero-order valence-corrected chi connectivity index (χ0v) is 5.19. The van der Waals surface area contributed by atoms with Gasteiger partial charge in [-0.3, -0.25) is 0 Å². The molecule has 0 aliphatic carbocycles. The van der Waals surface area contributed by atoms with E-state index in [0.29, 0.717) is 0 Å². The molecule has 1 rings (SSSR count). The van der Waals surface area contributed by atoms with E-state index in [9.17, 15) is 26.7 Å². The highest BCUT2D eigenvalue weighted by Gasteiger charge is 2.66. The number of carbonyl (C=O) groups is 1. The predicted molar refractivity (Wildman–Crippen MR) is 22.4 cm³/mol. The van der Waals surface area contributed by atoms with Crippen molar-refractivity contribution in [3.05, 3.63) is 0 Å². The molecule has 0 aromatic carbocycles. The van der Waals surface area contributed by atoms with Crippen LogP contribution in [0, 0.1) is 0 Å². The topological polar surface area (TPSA) is 35.5 Å². The van der Waals surface area contributed by atoms with Crippen LogP contribution in [0.2, 0.25) is 0 Å². The largest absolute Gasteiger partial charge is 0.514 e. The Morgan fingerprint density at radius 1 is 1.33 bits per heavy atom. The average molecular weight is 192 g/mol. The smallest absolute Gasteiger partial charge is 0.410 e. The normalized spacial score (nSPS) is 28.1. The SMILES string of the molecule is O=C1OC(C(F)(F)F)C(F)(F)O1. The lowest BCUT2D eigenvalue weighted by Crippen LogP contribution is -2.42. The number of carbonyl (C=O) groups excluding carboxylic acids is 1. The second-order valence-electron chi connectivity index (χ2n) is 1.95. The van der Waals surface area contributed by atoms with Crippen LogP contribution in [0.1, 0.15) is 0 Å². The average Bonchev–Trinajstić information content (AvgIpc) is 2.02. The summed E-state index contributed by atoms with van der Waals surface area (Å²) in [7, 11) is 0. The van der Waals surface area contributed by atoms with Gasteiger partial charge in [0.2, 0.25) is 0 Å². The molecule has 1 saturated heterocycles. The van der Waals surface area contributed by atoms with Gasteiger partial charge in [-0.05, 0) is 0 Å². The molecule has 1 aliphatic rings. The fourth-order valence-corrected chi connectivity index (χ4v) is 0.611. The van der Waals surface area contributed by atoms with Gasteiger partial charge in [-0.15, -0.1) is 0 Å². The third-order valence-electron chi connectivity index (χ3n) is 1.04. The summed E-state index contributed by atoms with van der Waals surface area (Å²) >= 11 is 0. The summed E-state index contributed by atoms with van der Waals surface area (Å²) in [6.07, 6.45) is -15.5. The molecular formula is C4HF5O3. The minimum Gasteiger partial charge on any atom is -0.410 e. The van der Waals surface area contributed by atoms with Crippen molar-refractivity contribution in [1.29, 1.82) is 0 Å². The number of rotatable bonds is 0. The standard InChI is InChI=1S/C4HF5O3/c5-3(6,7)1-4(8,9)12-2(10)11-1/h1H. The Hall–Kier alpha value is -1.08. The van der Waals surface area contributed by atoms with Crippen LogP contribution in [0.3, 0.4) is 0 Å². The lowest BCUT2D eigenvalue weighted by Gasteiger charge is -2.15. The molecule has 0 saturated carbocycles. The van der Waals surface area contributed by atoms with E-state index in [1.807, 2.05) is 0 Å². The molecular weight excluding hydrogens is 191 g/mol. The molecule has 0 spiro atoms. The molecule has 1 atom stereocenters. The van der Waals surface area contributed by atoms with Crippen LogP contribution in [0.15, 0.2) is 0 Å². The van der Waals surface area contributed by atoms with Crippen LogP contribution in [-0.2, 0) is 9.47 Å². The summed E-state index contributed by atoms with van der Waals surface area (Å²) in [5.74, 6) is 0. The Morgan fingerprint density at radius 2 is 1.83 bits per heavy atom. The van der Waals surface area contributed by atoms with Gasteiger partial charge in [0.1, 0.15) is 0 Å². The molecule has 0 aromatic rings. The molecule has 0 amide bonds. The van der Waals surface area contributed by atoms with E-state index in [-0.39, 0.29) is 0 Å². The van der Waals surface area contributed by atoms with Crippen LogP contribution >= 0.6 is 0 Å². The van der Waals surface area contributed by atoms with Gasteiger partial charge in [-0.25, -0.2) is 4.79 Å². The van der Waals surface area contributed by atoms with Gasteiger partial charge < -0.3 is 9.47 Å². The fourth-order valence-electron chi connectivity index (χ4n) is 0.611. The maximum atomic E-state index is 12.1. The Balaban J connectivity index is 2.86. The van der Waals surface area contributed by atoms with Gasteiger partial charge in [-0.1, -0.05) is 0 Å². The number of cyclic esters (lactones) is 2. The minimum atomic E-state index is -5.32. The Morgan fingerprint density at radius 3 is 2.00 bits per heavy atom. The Bertz CT molecular complexity index is 209. The quantitative estimate of drug-likeness (QED) is 0.432. The van der Waals surface area contributed by atoms with E-state index in [0.717, 1.165) is 0 Å². The van der Waals surface area contributed by atoms with Crippen molar-refractivity contribution >= 4 is 6.16 Å². The van der Waals surface area contributed by atoms with Crippen LogP contribution in [-0.4, -0.2) is 24.5 Å². The first kappa shape index (κ1) is 9.01. The van der Waals surface area contributed by atoms with Gasteiger partial charge in [0.05, 0.1) is 0 Å². The van der Waals surface area contributed by atoms with Crippen LogP contribution < -0.4 is 0 Å². The third-order valence-corrected chi connectivity index (χ3v) is 1.04. The second-order valence-corrected chi connectivity index (χ2v) is 1.95. The maximum Gasteiger partial charge on any atom is 0.514 e. The van der Waals surface area contributed by atoms with Crippen molar-refractivity contribution in [3.8, 4) is 0 Å². The minimum absolute atomic E-state index is 2.03. The van der Waals surface area contributed by atoms with Crippen molar-refractivity contribution < 1.29 is 36.2 Å². The molecule has 0 N–H and O–H groups in total. The van der Waals surface area contributed by atoms with Crippen molar-refractivity contribution in [2.75, 3.05) is 0 Å². The van der Waals surface area contributed by atoms with E-state index in [1.54, 1.807) is 0 Å². The second kappa shape index (κ2) is 2.20. The molecule has 0 radical (unpaired) electrons. The van der Waals surface area contributed by atoms with E-state index in [4.69, 9.17) is 0 Å². The maximum absolute atomic E-state index is 12.1. The summed E-state index contributed by atoms with van der Waals surface area (Å²) in [6.45, 7) is 0. The molecule has 12 heavy (non-hydrogen) atoms. The molecule has 0 aromatic heterocycles. The van der Waals surface area contributed by atoms with Crippen LogP contribution in [0.5, 0.6) is 0 Å². The third kappa shape index (κ3) is 1.41. The number of hydrogen-bond acceptors (Lipinski definition) is 3. The fraction of sp³-hybridized carbons (Fsp3) is 0.750. The van der Waals surface area contributed by atoms with Gasteiger partial charge >= 0.3 is 24.5 Å². The zero-order valence-electron chi connectivity index (χ0n) is 5.19. The Labute approximate surface area is 62.0 Å². The Kier molecular flexibility index (Phi) is 1.66. The number of hydrogen-bond donors (Lipinski definition) is 0. The van der Waals surface area contributed by atoms with Crippen LogP contribution in [0.25, 0.3) is 0 Å². The number of alkyl halides is 5. The first-order chi connectivity index (χ1) is 5.23.